The summed E-state index contributed by atoms with van der Waals surface area (Å²) in [5, 5.41) is 8.86. The van der Waals surface area contributed by atoms with Crippen LogP contribution in [0, 0.1) is 5.92 Å². The Labute approximate surface area is 94.3 Å². The lowest BCUT2D eigenvalue weighted by atomic mass is 10.1. The third-order valence-corrected chi connectivity index (χ3v) is 2.33. The van der Waals surface area contributed by atoms with Crippen molar-refractivity contribution >= 4 is 12.1 Å². The molecule has 0 aromatic rings. The number of carboxylic acid groups (broad SMARTS) is 1. The molecule has 3 N–H and O–H groups in total. The molecule has 1 rings (SSSR count). The standard InChI is InChI=1S/C10H18N2O4/c1-10(2,3)16-9(15)12-4-6(8(13)14)7(11)5-12/h6-7H,4-5,11H2,1-3H3,(H,13,14)/t6?,7-/m0/s1. The van der Waals surface area contributed by atoms with E-state index in [2.05, 4.69) is 0 Å². The molecule has 1 unspecified atom stereocenters. The van der Waals surface area contributed by atoms with E-state index in [-0.39, 0.29) is 13.1 Å². The fourth-order valence-electron chi connectivity index (χ4n) is 1.57. The highest BCUT2D eigenvalue weighted by Gasteiger charge is 2.39. The van der Waals surface area contributed by atoms with Crippen LogP contribution in [-0.4, -0.2) is 46.8 Å². The van der Waals surface area contributed by atoms with Gasteiger partial charge in [0.05, 0.1) is 5.92 Å². The fourth-order valence-corrected chi connectivity index (χ4v) is 1.57. The van der Waals surface area contributed by atoms with E-state index in [1.807, 2.05) is 0 Å². The van der Waals surface area contributed by atoms with Crippen molar-refractivity contribution < 1.29 is 19.4 Å². The number of nitrogens with zero attached hydrogens (tertiary/aromatic N) is 1. The maximum absolute atomic E-state index is 11.6. The van der Waals surface area contributed by atoms with Gasteiger partial charge in [0.2, 0.25) is 0 Å². The van der Waals surface area contributed by atoms with Gasteiger partial charge in [-0.3, -0.25) is 4.79 Å². The Morgan fingerprint density at radius 1 is 1.38 bits per heavy atom. The summed E-state index contributed by atoms with van der Waals surface area (Å²) in [7, 11) is 0. The van der Waals surface area contributed by atoms with E-state index < -0.39 is 29.6 Å². The van der Waals surface area contributed by atoms with E-state index in [0.29, 0.717) is 0 Å². The van der Waals surface area contributed by atoms with Gasteiger partial charge < -0.3 is 20.5 Å². The van der Waals surface area contributed by atoms with Gasteiger partial charge >= 0.3 is 12.1 Å². The van der Waals surface area contributed by atoms with E-state index >= 15 is 0 Å². The topological polar surface area (TPSA) is 92.9 Å². The Hall–Kier alpha value is -1.30. The molecule has 1 amide bonds. The smallest absolute Gasteiger partial charge is 0.410 e. The van der Waals surface area contributed by atoms with Crippen molar-refractivity contribution in [3.05, 3.63) is 0 Å². The quantitative estimate of drug-likeness (QED) is 0.674. The van der Waals surface area contributed by atoms with Gasteiger partial charge in [-0.2, -0.15) is 0 Å². The number of hydrogen-bond acceptors (Lipinski definition) is 4. The van der Waals surface area contributed by atoms with Crippen LogP contribution in [0.3, 0.4) is 0 Å². The van der Waals surface area contributed by atoms with Crippen molar-refractivity contribution in [1.29, 1.82) is 0 Å². The number of ether oxygens (including phenoxy) is 1. The predicted molar refractivity (Wildman–Crippen MR) is 56.9 cm³/mol. The molecule has 0 bridgehead atoms. The van der Waals surface area contributed by atoms with E-state index in [4.69, 9.17) is 15.6 Å². The lowest BCUT2D eigenvalue weighted by Gasteiger charge is -2.24. The molecule has 1 aliphatic heterocycles. The second-order valence-corrected chi connectivity index (χ2v) is 4.99. The highest BCUT2D eigenvalue weighted by molar-refractivity contribution is 5.75. The number of carbonyl (C=O) groups is 2. The molecule has 92 valence electrons. The second-order valence-electron chi connectivity index (χ2n) is 4.99. The van der Waals surface area contributed by atoms with Crippen molar-refractivity contribution in [2.45, 2.75) is 32.4 Å². The first-order valence-electron chi connectivity index (χ1n) is 5.17. The van der Waals surface area contributed by atoms with Gasteiger partial charge in [-0.1, -0.05) is 0 Å². The first-order valence-corrected chi connectivity index (χ1v) is 5.17. The summed E-state index contributed by atoms with van der Waals surface area (Å²) in [4.78, 5) is 23.8. The van der Waals surface area contributed by atoms with E-state index in [9.17, 15) is 9.59 Å². The number of carbonyl (C=O) groups excluding carboxylic acids is 1. The molecule has 6 heteroatoms. The molecule has 0 saturated carbocycles. The molecule has 1 heterocycles. The summed E-state index contributed by atoms with van der Waals surface area (Å²) in [5.41, 5.74) is 5.06. The van der Waals surface area contributed by atoms with Crippen LogP contribution in [0.1, 0.15) is 20.8 Å². The van der Waals surface area contributed by atoms with E-state index in [0.717, 1.165) is 0 Å². The van der Waals surface area contributed by atoms with E-state index in [1.165, 1.54) is 4.90 Å². The average Bonchev–Trinajstić information content (AvgIpc) is 2.44. The van der Waals surface area contributed by atoms with Crippen LogP contribution in [0.25, 0.3) is 0 Å². The minimum Gasteiger partial charge on any atom is -0.481 e. The Balaban J connectivity index is 2.58. The van der Waals surface area contributed by atoms with Crippen LogP contribution in [0.4, 0.5) is 4.79 Å². The molecule has 0 aromatic heterocycles. The van der Waals surface area contributed by atoms with Crippen LogP contribution in [0.15, 0.2) is 0 Å². The molecular formula is C10H18N2O4. The van der Waals surface area contributed by atoms with Crippen molar-refractivity contribution in [1.82, 2.24) is 4.90 Å². The molecule has 2 atom stereocenters. The summed E-state index contributed by atoms with van der Waals surface area (Å²) >= 11 is 0. The average molecular weight is 230 g/mol. The Morgan fingerprint density at radius 2 is 1.94 bits per heavy atom. The summed E-state index contributed by atoms with van der Waals surface area (Å²) in [6.45, 7) is 5.62. The third kappa shape index (κ3) is 3.10. The number of aliphatic carboxylic acids is 1. The summed E-state index contributed by atoms with van der Waals surface area (Å²) < 4.78 is 5.14. The minimum atomic E-state index is -0.974. The maximum Gasteiger partial charge on any atom is 0.410 e. The first kappa shape index (κ1) is 12.8. The molecule has 0 radical (unpaired) electrons. The lowest BCUT2D eigenvalue weighted by molar-refractivity contribution is -0.141. The Kier molecular flexibility index (Phi) is 3.42. The summed E-state index contributed by atoms with van der Waals surface area (Å²) in [5.74, 6) is -1.67. The molecule has 1 aliphatic rings. The van der Waals surface area contributed by atoms with Gasteiger partial charge in [0, 0.05) is 19.1 Å². The van der Waals surface area contributed by atoms with Crippen LogP contribution < -0.4 is 5.73 Å². The lowest BCUT2D eigenvalue weighted by Crippen LogP contribution is -2.36. The zero-order valence-corrected chi connectivity index (χ0v) is 9.77. The van der Waals surface area contributed by atoms with E-state index in [1.54, 1.807) is 20.8 Å². The number of hydrogen-bond donors (Lipinski definition) is 2. The number of likely N-dealkylation sites (tertiary alicyclic amines) is 1. The normalized spacial score (nSPS) is 25.6. The van der Waals surface area contributed by atoms with Crippen molar-refractivity contribution in [3.63, 3.8) is 0 Å². The van der Waals surface area contributed by atoms with Gasteiger partial charge in [-0.15, -0.1) is 0 Å². The SMILES string of the molecule is CC(C)(C)OC(=O)N1CC(C(=O)O)[C@@H](N)C1. The number of carboxylic acids is 1. The monoisotopic (exact) mass is 230 g/mol. The summed E-state index contributed by atoms with van der Waals surface area (Å²) in [6, 6.07) is -0.523. The van der Waals surface area contributed by atoms with Gasteiger partial charge in [-0.05, 0) is 20.8 Å². The molecule has 0 aliphatic carbocycles. The van der Waals surface area contributed by atoms with Crippen LogP contribution >= 0.6 is 0 Å². The third-order valence-electron chi connectivity index (χ3n) is 2.33. The zero-order valence-electron chi connectivity index (χ0n) is 9.77. The number of amides is 1. The summed E-state index contributed by atoms with van der Waals surface area (Å²) in [6.07, 6.45) is -0.508. The van der Waals surface area contributed by atoms with Crippen LogP contribution in [0.5, 0.6) is 0 Å². The molecule has 1 fully saturated rings. The predicted octanol–water partition coefficient (Wildman–Crippen LogP) is 0.265. The highest BCUT2D eigenvalue weighted by Crippen LogP contribution is 2.18. The molecule has 16 heavy (non-hydrogen) atoms. The van der Waals surface area contributed by atoms with Crippen LogP contribution in [0.2, 0.25) is 0 Å². The van der Waals surface area contributed by atoms with Gasteiger partial charge in [0.1, 0.15) is 5.60 Å². The molecule has 0 spiro atoms. The van der Waals surface area contributed by atoms with Gasteiger partial charge in [0.25, 0.3) is 0 Å². The number of rotatable bonds is 1. The van der Waals surface area contributed by atoms with Crippen molar-refractivity contribution in [2.24, 2.45) is 11.7 Å². The molecule has 1 saturated heterocycles. The van der Waals surface area contributed by atoms with Crippen molar-refractivity contribution in [3.8, 4) is 0 Å². The van der Waals surface area contributed by atoms with Gasteiger partial charge in [-0.25, -0.2) is 4.79 Å². The Morgan fingerprint density at radius 3 is 2.31 bits per heavy atom. The van der Waals surface area contributed by atoms with Crippen LogP contribution in [-0.2, 0) is 9.53 Å². The first-order chi connectivity index (χ1) is 7.20. The highest BCUT2D eigenvalue weighted by atomic mass is 16.6. The molecule has 0 aromatic carbocycles. The zero-order chi connectivity index (χ0) is 12.5. The fraction of sp³-hybridized carbons (Fsp3) is 0.800. The second kappa shape index (κ2) is 4.29. The largest absolute Gasteiger partial charge is 0.481 e. The maximum atomic E-state index is 11.6. The Bertz CT molecular complexity index is 298. The molecule has 6 nitrogen and oxygen atoms in total. The van der Waals surface area contributed by atoms with Gasteiger partial charge in [0.15, 0.2) is 0 Å². The molecular weight excluding hydrogens is 212 g/mol. The van der Waals surface area contributed by atoms with Crippen molar-refractivity contribution in [2.75, 3.05) is 13.1 Å². The minimum absolute atomic E-state index is 0.116. The number of nitrogens with two attached hydrogens (primary N) is 1.